The van der Waals surface area contributed by atoms with Gasteiger partial charge in [0.1, 0.15) is 0 Å². The van der Waals surface area contributed by atoms with E-state index in [2.05, 4.69) is 5.32 Å². The Morgan fingerprint density at radius 2 is 2.13 bits per heavy atom. The Kier molecular flexibility index (Phi) is 4.37. The van der Waals surface area contributed by atoms with Gasteiger partial charge in [-0.05, 0) is 18.2 Å². The Morgan fingerprint density at radius 3 is 2.73 bits per heavy atom. The number of hydrogen-bond acceptors (Lipinski definition) is 3. The van der Waals surface area contributed by atoms with E-state index in [1.54, 1.807) is 25.2 Å². The van der Waals surface area contributed by atoms with Gasteiger partial charge in [-0.1, -0.05) is 24.8 Å². The van der Waals surface area contributed by atoms with E-state index >= 15 is 0 Å². The van der Waals surface area contributed by atoms with Crippen molar-refractivity contribution in [1.29, 1.82) is 0 Å². The standard InChI is InChI=1S/C11H13NO2S/c1-3-10(13)15-9-6-4-5-8(7-9)11(14)12-2/h4-7H,3H2,1-2H3,(H,12,14). The molecule has 0 heterocycles. The molecular weight excluding hydrogens is 210 g/mol. The maximum atomic E-state index is 11.3. The summed E-state index contributed by atoms with van der Waals surface area (Å²) in [4.78, 5) is 23.3. The maximum absolute atomic E-state index is 11.3. The topological polar surface area (TPSA) is 46.2 Å². The van der Waals surface area contributed by atoms with Gasteiger partial charge in [0.05, 0.1) is 0 Å². The highest BCUT2D eigenvalue weighted by Gasteiger charge is 2.06. The van der Waals surface area contributed by atoms with Crippen LogP contribution in [0.3, 0.4) is 0 Å². The molecule has 0 fully saturated rings. The first-order valence-corrected chi connectivity index (χ1v) is 5.52. The molecule has 0 aromatic heterocycles. The van der Waals surface area contributed by atoms with Crippen LogP contribution >= 0.6 is 11.8 Å². The Hall–Kier alpha value is -1.29. The molecular formula is C11H13NO2S. The van der Waals surface area contributed by atoms with Gasteiger partial charge in [-0.15, -0.1) is 0 Å². The number of benzene rings is 1. The molecule has 0 aliphatic carbocycles. The number of carbonyl (C=O) groups excluding carboxylic acids is 2. The minimum absolute atomic E-state index is 0.101. The number of amides is 1. The SMILES string of the molecule is CCC(=O)Sc1cccc(C(=O)NC)c1. The van der Waals surface area contributed by atoms with Crippen LogP contribution in [0.2, 0.25) is 0 Å². The summed E-state index contributed by atoms with van der Waals surface area (Å²) in [5.74, 6) is -0.138. The van der Waals surface area contributed by atoms with E-state index in [0.29, 0.717) is 12.0 Å². The average molecular weight is 223 g/mol. The number of nitrogens with one attached hydrogen (secondary N) is 1. The summed E-state index contributed by atoms with van der Waals surface area (Å²) in [5.41, 5.74) is 0.575. The van der Waals surface area contributed by atoms with Crippen LogP contribution in [0, 0.1) is 0 Å². The van der Waals surface area contributed by atoms with E-state index in [0.717, 1.165) is 4.90 Å². The fourth-order valence-corrected chi connectivity index (χ4v) is 1.79. The van der Waals surface area contributed by atoms with Gasteiger partial charge in [-0.2, -0.15) is 0 Å². The zero-order chi connectivity index (χ0) is 11.3. The molecule has 0 atom stereocenters. The van der Waals surface area contributed by atoms with Gasteiger partial charge in [-0.25, -0.2) is 0 Å². The molecule has 1 aromatic rings. The van der Waals surface area contributed by atoms with Gasteiger partial charge in [0.2, 0.25) is 0 Å². The molecule has 80 valence electrons. The fraction of sp³-hybridized carbons (Fsp3) is 0.273. The summed E-state index contributed by atoms with van der Waals surface area (Å²) in [6.07, 6.45) is 0.495. The van der Waals surface area contributed by atoms with Crippen molar-refractivity contribution in [3.05, 3.63) is 29.8 Å². The van der Waals surface area contributed by atoms with E-state index in [9.17, 15) is 9.59 Å². The molecule has 0 aliphatic rings. The fourth-order valence-electron chi connectivity index (χ4n) is 1.05. The molecule has 1 N–H and O–H groups in total. The maximum Gasteiger partial charge on any atom is 0.251 e. The van der Waals surface area contributed by atoms with Crippen LogP contribution in [0.15, 0.2) is 29.2 Å². The first kappa shape index (κ1) is 11.8. The van der Waals surface area contributed by atoms with Crippen LogP contribution < -0.4 is 5.32 Å². The number of rotatable bonds is 3. The third-order valence-corrected chi connectivity index (χ3v) is 2.85. The molecule has 0 unspecified atom stereocenters. The molecule has 1 amide bonds. The van der Waals surface area contributed by atoms with Gasteiger partial charge in [0.25, 0.3) is 5.91 Å². The van der Waals surface area contributed by atoms with Crippen molar-refractivity contribution < 1.29 is 9.59 Å². The van der Waals surface area contributed by atoms with Crippen LogP contribution in [0.1, 0.15) is 23.7 Å². The predicted octanol–water partition coefficient (Wildman–Crippen LogP) is 2.07. The second-order valence-corrected chi connectivity index (χ2v) is 4.07. The van der Waals surface area contributed by atoms with Crippen LogP contribution in [0.4, 0.5) is 0 Å². The number of carbonyl (C=O) groups is 2. The summed E-state index contributed by atoms with van der Waals surface area (Å²) in [5, 5.41) is 2.64. The normalized spacial score (nSPS) is 9.73. The first-order valence-electron chi connectivity index (χ1n) is 4.70. The monoisotopic (exact) mass is 223 g/mol. The molecule has 0 aliphatic heterocycles. The molecule has 0 spiro atoms. The van der Waals surface area contributed by atoms with E-state index < -0.39 is 0 Å². The lowest BCUT2D eigenvalue weighted by molar-refractivity contribution is -0.110. The summed E-state index contributed by atoms with van der Waals surface area (Å²) in [6.45, 7) is 1.82. The van der Waals surface area contributed by atoms with Crippen LogP contribution in [0.5, 0.6) is 0 Å². The van der Waals surface area contributed by atoms with Crippen molar-refractivity contribution in [2.75, 3.05) is 7.05 Å². The average Bonchev–Trinajstić information content (AvgIpc) is 2.28. The van der Waals surface area contributed by atoms with E-state index in [1.807, 2.05) is 13.0 Å². The van der Waals surface area contributed by atoms with Crippen molar-refractivity contribution in [3.8, 4) is 0 Å². The summed E-state index contributed by atoms with van der Waals surface area (Å²) in [6, 6.07) is 7.04. The minimum atomic E-state index is -0.138. The van der Waals surface area contributed by atoms with E-state index in [-0.39, 0.29) is 11.0 Å². The van der Waals surface area contributed by atoms with Crippen molar-refractivity contribution in [2.45, 2.75) is 18.2 Å². The van der Waals surface area contributed by atoms with Crippen molar-refractivity contribution in [1.82, 2.24) is 5.32 Å². The smallest absolute Gasteiger partial charge is 0.251 e. The Balaban J connectivity index is 2.83. The lowest BCUT2D eigenvalue weighted by Gasteiger charge is -2.02. The zero-order valence-electron chi connectivity index (χ0n) is 8.74. The van der Waals surface area contributed by atoms with E-state index in [1.165, 1.54) is 11.8 Å². The predicted molar refractivity (Wildman–Crippen MR) is 61.0 cm³/mol. The molecule has 1 rings (SSSR count). The second-order valence-electron chi connectivity index (χ2n) is 2.93. The van der Waals surface area contributed by atoms with Gasteiger partial charge >= 0.3 is 0 Å². The van der Waals surface area contributed by atoms with Crippen molar-refractivity contribution in [3.63, 3.8) is 0 Å². The van der Waals surface area contributed by atoms with Gasteiger partial charge in [-0.3, -0.25) is 9.59 Å². The Bertz CT molecular complexity index is 377. The molecule has 1 aromatic carbocycles. The third-order valence-electron chi connectivity index (χ3n) is 1.84. The quantitative estimate of drug-likeness (QED) is 0.798. The minimum Gasteiger partial charge on any atom is -0.355 e. The Labute approximate surface area is 93.3 Å². The molecule has 4 heteroatoms. The molecule has 0 radical (unpaired) electrons. The van der Waals surface area contributed by atoms with Crippen LogP contribution in [0.25, 0.3) is 0 Å². The van der Waals surface area contributed by atoms with Crippen molar-refractivity contribution >= 4 is 22.8 Å². The lowest BCUT2D eigenvalue weighted by atomic mass is 10.2. The molecule has 3 nitrogen and oxygen atoms in total. The van der Waals surface area contributed by atoms with Gasteiger partial charge < -0.3 is 5.32 Å². The van der Waals surface area contributed by atoms with Crippen LogP contribution in [-0.4, -0.2) is 18.1 Å². The summed E-state index contributed by atoms with van der Waals surface area (Å²) < 4.78 is 0. The summed E-state index contributed by atoms with van der Waals surface area (Å²) >= 11 is 1.17. The second kappa shape index (κ2) is 5.56. The van der Waals surface area contributed by atoms with Crippen molar-refractivity contribution in [2.24, 2.45) is 0 Å². The first-order chi connectivity index (χ1) is 7.17. The zero-order valence-corrected chi connectivity index (χ0v) is 9.56. The molecule has 15 heavy (non-hydrogen) atoms. The highest BCUT2D eigenvalue weighted by molar-refractivity contribution is 8.13. The highest BCUT2D eigenvalue weighted by Crippen LogP contribution is 2.20. The summed E-state index contributed by atoms with van der Waals surface area (Å²) in [7, 11) is 1.58. The van der Waals surface area contributed by atoms with Gasteiger partial charge in [0, 0.05) is 23.9 Å². The van der Waals surface area contributed by atoms with Gasteiger partial charge in [0.15, 0.2) is 5.12 Å². The van der Waals surface area contributed by atoms with E-state index in [4.69, 9.17) is 0 Å². The number of thioether (sulfide) groups is 1. The number of hydrogen-bond donors (Lipinski definition) is 1. The molecule has 0 bridgehead atoms. The third kappa shape index (κ3) is 3.40. The highest BCUT2D eigenvalue weighted by atomic mass is 32.2. The van der Waals surface area contributed by atoms with Crippen LogP contribution in [-0.2, 0) is 4.79 Å². The Morgan fingerprint density at radius 1 is 1.40 bits per heavy atom. The molecule has 0 saturated carbocycles. The largest absolute Gasteiger partial charge is 0.355 e. The molecule has 0 saturated heterocycles. The lowest BCUT2D eigenvalue weighted by Crippen LogP contribution is -2.17.